The van der Waals surface area contributed by atoms with Crippen molar-refractivity contribution < 1.29 is 4.79 Å². The predicted octanol–water partition coefficient (Wildman–Crippen LogP) is 2.35. The SMILES string of the molecule is C=CCNC(=O)C(C)Nc1ccc(CC)cc1. The molecule has 17 heavy (non-hydrogen) atoms. The van der Waals surface area contributed by atoms with E-state index in [2.05, 4.69) is 36.3 Å². The molecule has 0 heterocycles. The molecule has 0 bridgehead atoms. The van der Waals surface area contributed by atoms with Gasteiger partial charge in [-0.15, -0.1) is 6.58 Å². The summed E-state index contributed by atoms with van der Waals surface area (Å²) in [5, 5.41) is 5.91. The summed E-state index contributed by atoms with van der Waals surface area (Å²) in [6, 6.07) is 7.88. The van der Waals surface area contributed by atoms with Crippen LogP contribution in [-0.2, 0) is 11.2 Å². The molecule has 0 aromatic heterocycles. The van der Waals surface area contributed by atoms with Crippen LogP contribution in [0.1, 0.15) is 19.4 Å². The number of nitrogens with one attached hydrogen (secondary N) is 2. The van der Waals surface area contributed by atoms with Crippen LogP contribution >= 0.6 is 0 Å². The van der Waals surface area contributed by atoms with Gasteiger partial charge in [-0.1, -0.05) is 25.1 Å². The number of carbonyl (C=O) groups is 1. The Labute approximate surface area is 103 Å². The van der Waals surface area contributed by atoms with Crippen molar-refractivity contribution >= 4 is 11.6 Å². The second kappa shape index (κ2) is 6.74. The van der Waals surface area contributed by atoms with Gasteiger partial charge in [0, 0.05) is 12.2 Å². The van der Waals surface area contributed by atoms with Crippen LogP contribution in [0.4, 0.5) is 5.69 Å². The summed E-state index contributed by atoms with van der Waals surface area (Å²) in [5.74, 6) is -0.0236. The molecule has 0 spiro atoms. The zero-order valence-electron chi connectivity index (χ0n) is 10.5. The second-order valence-electron chi connectivity index (χ2n) is 3.95. The molecule has 0 saturated heterocycles. The first-order valence-electron chi connectivity index (χ1n) is 5.91. The van der Waals surface area contributed by atoms with Gasteiger partial charge in [0.2, 0.25) is 5.91 Å². The van der Waals surface area contributed by atoms with E-state index in [0.29, 0.717) is 6.54 Å². The molecule has 1 atom stereocenters. The Kier molecular flexibility index (Phi) is 5.27. The highest BCUT2D eigenvalue weighted by Gasteiger charge is 2.10. The third kappa shape index (κ3) is 4.31. The number of benzene rings is 1. The van der Waals surface area contributed by atoms with Crippen LogP contribution in [-0.4, -0.2) is 18.5 Å². The number of carbonyl (C=O) groups excluding carboxylic acids is 1. The topological polar surface area (TPSA) is 41.1 Å². The van der Waals surface area contributed by atoms with Crippen molar-refractivity contribution in [2.45, 2.75) is 26.3 Å². The Hall–Kier alpha value is -1.77. The quantitative estimate of drug-likeness (QED) is 0.739. The molecule has 0 aliphatic heterocycles. The van der Waals surface area contributed by atoms with E-state index >= 15 is 0 Å². The van der Waals surface area contributed by atoms with Crippen molar-refractivity contribution in [2.75, 3.05) is 11.9 Å². The largest absolute Gasteiger partial charge is 0.374 e. The van der Waals surface area contributed by atoms with Crippen LogP contribution < -0.4 is 10.6 Å². The molecule has 1 aromatic rings. The van der Waals surface area contributed by atoms with Gasteiger partial charge in [0.05, 0.1) is 0 Å². The van der Waals surface area contributed by atoms with Gasteiger partial charge in [-0.3, -0.25) is 4.79 Å². The van der Waals surface area contributed by atoms with E-state index in [4.69, 9.17) is 0 Å². The van der Waals surface area contributed by atoms with Crippen LogP contribution in [0.3, 0.4) is 0 Å². The van der Waals surface area contributed by atoms with Gasteiger partial charge in [0.25, 0.3) is 0 Å². The molecule has 3 heteroatoms. The highest BCUT2D eigenvalue weighted by Crippen LogP contribution is 2.11. The number of anilines is 1. The van der Waals surface area contributed by atoms with Gasteiger partial charge in [0.15, 0.2) is 0 Å². The van der Waals surface area contributed by atoms with E-state index in [1.165, 1.54) is 5.56 Å². The lowest BCUT2D eigenvalue weighted by Crippen LogP contribution is -2.37. The average molecular weight is 232 g/mol. The van der Waals surface area contributed by atoms with E-state index in [0.717, 1.165) is 12.1 Å². The summed E-state index contributed by atoms with van der Waals surface area (Å²) in [5.41, 5.74) is 2.25. The van der Waals surface area contributed by atoms with Crippen molar-refractivity contribution in [3.63, 3.8) is 0 Å². The summed E-state index contributed by atoms with van der Waals surface area (Å²) in [6.45, 7) is 8.02. The fourth-order valence-electron chi connectivity index (χ4n) is 1.48. The van der Waals surface area contributed by atoms with Crippen LogP contribution in [0.25, 0.3) is 0 Å². The standard InChI is InChI=1S/C14H20N2O/c1-4-10-15-14(17)11(3)16-13-8-6-12(5-2)7-9-13/h4,6-9,11,16H,1,5,10H2,2-3H3,(H,15,17). The average Bonchev–Trinajstić information content (AvgIpc) is 2.36. The molecule has 1 aromatic carbocycles. The number of aryl methyl sites for hydroxylation is 1. The molecule has 2 N–H and O–H groups in total. The molecule has 1 amide bonds. The third-order valence-electron chi connectivity index (χ3n) is 2.56. The van der Waals surface area contributed by atoms with Gasteiger partial charge in [-0.05, 0) is 31.0 Å². The first-order valence-corrected chi connectivity index (χ1v) is 5.91. The Morgan fingerprint density at radius 2 is 2.06 bits per heavy atom. The molecular weight excluding hydrogens is 212 g/mol. The van der Waals surface area contributed by atoms with E-state index in [1.807, 2.05) is 19.1 Å². The molecule has 0 radical (unpaired) electrons. The van der Waals surface area contributed by atoms with E-state index in [-0.39, 0.29) is 11.9 Å². The first kappa shape index (κ1) is 13.3. The Morgan fingerprint density at radius 3 is 2.59 bits per heavy atom. The van der Waals surface area contributed by atoms with Crippen LogP contribution in [0.2, 0.25) is 0 Å². The smallest absolute Gasteiger partial charge is 0.242 e. The predicted molar refractivity (Wildman–Crippen MR) is 72.1 cm³/mol. The van der Waals surface area contributed by atoms with E-state index in [1.54, 1.807) is 6.08 Å². The Morgan fingerprint density at radius 1 is 1.41 bits per heavy atom. The Balaban J connectivity index is 2.51. The van der Waals surface area contributed by atoms with Crippen LogP contribution in [0, 0.1) is 0 Å². The highest BCUT2D eigenvalue weighted by molar-refractivity contribution is 5.84. The molecule has 0 fully saturated rings. The number of rotatable bonds is 6. The lowest BCUT2D eigenvalue weighted by atomic mass is 10.1. The molecular formula is C14H20N2O. The molecule has 0 saturated carbocycles. The van der Waals surface area contributed by atoms with Crippen LogP contribution in [0.5, 0.6) is 0 Å². The van der Waals surface area contributed by atoms with Gasteiger partial charge in [0.1, 0.15) is 6.04 Å². The minimum absolute atomic E-state index is 0.0236. The van der Waals surface area contributed by atoms with Gasteiger partial charge in [-0.25, -0.2) is 0 Å². The first-order chi connectivity index (χ1) is 8.17. The van der Waals surface area contributed by atoms with E-state index < -0.39 is 0 Å². The summed E-state index contributed by atoms with van der Waals surface area (Å²) < 4.78 is 0. The lowest BCUT2D eigenvalue weighted by molar-refractivity contribution is -0.121. The number of amides is 1. The summed E-state index contributed by atoms with van der Waals surface area (Å²) >= 11 is 0. The monoisotopic (exact) mass is 232 g/mol. The summed E-state index contributed by atoms with van der Waals surface area (Å²) in [7, 11) is 0. The molecule has 0 aliphatic carbocycles. The second-order valence-corrected chi connectivity index (χ2v) is 3.95. The van der Waals surface area contributed by atoms with Crippen LogP contribution in [0.15, 0.2) is 36.9 Å². The van der Waals surface area contributed by atoms with Crippen molar-refractivity contribution in [3.8, 4) is 0 Å². The third-order valence-corrected chi connectivity index (χ3v) is 2.56. The van der Waals surface area contributed by atoms with Gasteiger partial charge >= 0.3 is 0 Å². The van der Waals surface area contributed by atoms with Crippen molar-refractivity contribution in [3.05, 3.63) is 42.5 Å². The number of hydrogen-bond donors (Lipinski definition) is 2. The van der Waals surface area contributed by atoms with Gasteiger partial charge < -0.3 is 10.6 Å². The van der Waals surface area contributed by atoms with Crippen molar-refractivity contribution in [2.24, 2.45) is 0 Å². The maximum absolute atomic E-state index is 11.6. The minimum atomic E-state index is -0.248. The molecule has 1 rings (SSSR count). The van der Waals surface area contributed by atoms with Crippen molar-refractivity contribution in [1.29, 1.82) is 0 Å². The highest BCUT2D eigenvalue weighted by atomic mass is 16.2. The maximum Gasteiger partial charge on any atom is 0.242 e. The number of hydrogen-bond acceptors (Lipinski definition) is 2. The zero-order valence-corrected chi connectivity index (χ0v) is 10.5. The van der Waals surface area contributed by atoms with Gasteiger partial charge in [-0.2, -0.15) is 0 Å². The molecule has 1 unspecified atom stereocenters. The molecule has 3 nitrogen and oxygen atoms in total. The normalized spacial score (nSPS) is 11.6. The minimum Gasteiger partial charge on any atom is -0.374 e. The maximum atomic E-state index is 11.6. The Bertz CT molecular complexity index is 370. The molecule has 0 aliphatic rings. The van der Waals surface area contributed by atoms with E-state index in [9.17, 15) is 4.79 Å². The fourth-order valence-corrected chi connectivity index (χ4v) is 1.48. The summed E-state index contributed by atoms with van der Waals surface area (Å²) in [6.07, 6.45) is 2.69. The summed E-state index contributed by atoms with van der Waals surface area (Å²) in [4.78, 5) is 11.6. The fraction of sp³-hybridized carbons (Fsp3) is 0.357. The molecule has 92 valence electrons. The lowest BCUT2D eigenvalue weighted by Gasteiger charge is -2.14. The van der Waals surface area contributed by atoms with Crippen molar-refractivity contribution in [1.82, 2.24) is 5.32 Å². The zero-order chi connectivity index (χ0) is 12.7.